The molecule has 1 saturated heterocycles. The quantitative estimate of drug-likeness (QED) is 0.712. The molecule has 1 aliphatic heterocycles. The summed E-state index contributed by atoms with van der Waals surface area (Å²) in [6.45, 7) is 7.64. The molecule has 0 aromatic carbocycles. The maximum atomic E-state index is 6.11. The maximum Gasteiger partial charge on any atom is 0.0576 e. The molecule has 0 aliphatic carbocycles. The van der Waals surface area contributed by atoms with Crippen molar-refractivity contribution in [2.75, 3.05) is 6.61 Å². The van der Waals surface area contributed by atoms with Gasteiger partial charge in [0.25, 0.3) is 0 Å². The van der Waals surface area contributed by atoms with E-state index in [0.29, 0.717) is 12.1 Å². The van der Waals surface area contributed by atoms with E-state index in [9.17, 15) is 0 Å². The summed E-state index contributed by atoms with van der Waals surface area (Å²) in [4.78, 5) is 0. The fourth-order valence-corrected chi connectivity index (χ4v) is 2.04. The molecule has 2 unspecified atom stereocenters. The van der Waals surface area contributed by atoms with Gasteiger partial charge in [-0.05, 0) is 31.1 Å². The van der Waals surface area contributed by atoms with Gasteiger partial charge in [0.2, 0.25) is 0 Å². The van der Waals surface area contributed by atoms with Crippen LogP contribution in [0.3, 0.4) is 0 Å². The van der Waals surface area contributed by atoms with Gasteiger partial charge in [0.05, 0.1) is 6.10 Å². The Bertz CT molecular complexity index is 168. The number of ether oxygens (including phenoxy) is 1. The van der Waals surface area contributed by atoms with E-state index >= 15 is 0 Å². The van der Waals surface area contributed by atoms with Gasteiger partial charge in [-0.3, -0.25) is 0 Å². The largest absolute Gasteiger partial charge is 0.378 e. The zero-order valence-electron chi connectivity index (χ0n) is 10.6. The fraction of sp³-hybridized carbons (Fsp3) is 1.00. The SMILES string of the molecule is CC(C)(C)C(N)CCCCC1CCCO1. The minimum absolute atomic E-state index is 0.254. The van der Waals surface area contributed by atoms with Crippen LogP contribution in [-0.2, 0) is 4.74 Å². The molecular weight excluding hydrogens is 186 g/mol. The van der Waals surface area contributed by atoms with Gasteiger partial charge in [0.15, 0.2) is 0 Å². The maximum absolute atomic E-state index is 6.11. The summed E-state index contributed by atoms with van der Waals surface area (Å²) in [6, 6.07) is 0.335. The highest BCUT2D eigenvalue weighted by atomic mass is 16.5. The molecule has 90 valence electrons. The Morgan fingerprint density at radius 2 is 2.07 bits per heavy atom. The van der Waals surface area contributed by atoms with Gasteiger partial charge < -0.3 is 10.5 Å². The van der Waals surface area contributed by atoms with Crippen molar-refractivity contribution in [3.63, 3.8) is 0 Å². The Morgan fingerprint density at radius 3 is 2.60 bits per heavy atom. The smallest absolute Gasteiger partial charge is 0.0576 e. The van der Waals surface area contributed by atoms with E-state index in [-0.39, 0.29) is 5.41 Å². The first-order valence-electron chi connectivity index (χ1n) is 6.37. The lowest BCUT2D eigenvalue weighted by molar-refractivity contribution is 0.101. The Balaban J connectivity index is 2.01. The lowest BCUT2D eigenvalue weighted by Crippen LogP contribution is -2.34. The zero-order chi connectivity index (χ0) is 11.3. The lowest BCUT2D eigenvalue weighted by atomic mass is 9.84. The summed E-state index contributed by atoms with van der Waals surface area (Å²) >= 11 is 0. The number of unbranched alkanes of at least 4 members (excludes halogenated alkanes) is 1. The van der Waals surface area contributed by atoms with E-state index in [1.54, 1.807) is 0 Å². The van der Waals surface area contributed by atoms with Crippen LogP contribution in [0.2, 0.25) is 0 Å². The van der Waals surface area contributed by atoms with Crippen LogP contribution in [0.15, 0.2) is 0 Å². The molecule has 0 amide bonds. The van der Waals surface area contributed by atoms with Crippen molar-refractivity contribution < 1.29 is 4.74 Å². The van der Waals surface area contributed by atoms with Gasteiger partial charge in [-0.15, -0.1) is 0 Å². The average Bonchev–Trinajstić information content (AvgIpc) is 2.63. The number of nitrogens with two attached hydrogens (primary N) is 1. The molecular formula is C13H27NO. The first-order valence-corrected chi connectivity index (χ1v) is 6.37. The molecule has 1 fully saturated rings. The Labute approximate surface area is 94.6 Å². The molecule has 1 rings (SSSR count). The molecule has 15 heavy (non-hydrogen) atoms. The van der Waals surface area contributed by atoms with Crippen molar-refractivity contribution in [2.24, 2.45) is 11.1 Å². The minimum Gasteiger partial charge on any atom is -0.378 e. The van der Waals surface area contributed by atoms with Crippen LogP contribution >= 0.6 is 0 Å². The molecule has 0 aromatic rings. The number of hydrogen-bond donors (Lipinski definition) is 1. The van der Waals surface area contributed by atoms with E-state index in [1.807, 2.05) is 0 Å². The third kappa shape index (κ3) is 4.98. The second-order valence-electron chi connectivity index (χ2n) is 5.89. The third-order valence-corrected chi connectivity index (χ3v) is 3.43. The van der Waals surface area contributed by atoms with Crippen LogP contribution in [0.1, 0.15) is 59.3 Å². The lowest BCUT2D eigenvalue weighted by Gasteiger charge is -2.27. The summed E-state index contributed by atoms with van der Waals surface area (Å²) in [6.07, 6.45) is 7.98. The highest BCUT2D eigenvalue weighted by Crippen LogP contribution is 2.23. The third-order valence-electron chi connectivity index (χ3n) is 3.43. The van der Waals surface area contributed by atoms with Crippen LogP contribution in [0.5, 0.6) is 0 Å². The van der Waals surface area contributed by atoms with E-state index in [2.05, 4.69) is 20.8 Å². The minimum atomic E-state index is 0.254. The summed E-state index contributed by atoms with van der Waals surface area (Å²) in [5.41, 5.74) is 6.37. The topological polar surface area (TPSA) is 35.2 Å². The number of rotatable bonds is 5. The second-order valence-corrected chi connectivity index (χ2v) is 5.89. The van der Waals surface area contributed by atoms with Gasteiger partial charge in [-0.25, -0.2) is 0 Å². The standard InChI is InChI=1S/C13H27NO/c1-13(2,3)12(14)9-5-4-7-11-8-6-10-15-11/h11-12H,4-10,14H2,1-3H3. The first-order chi connectivity index (χ1) is 7.00. The van der Waals surface area contributed by atoms with Crippen molar-refractivity contribution in [3.05, 3.63) is 0 Å². The van der Waals surface area contributed by atoms with E-state index in [0.717, 1.165) is 13.0 Å². The predicted molar refractivity (Wildman–Crippen MR) is 64.9 cm³/mol. The summed E-state index contributed by atoms with van der Waals surface area (Å²) in [5, 5.41) is 0. The molecule has 1 heterocycles. The fourth-order valence-electron chi connectivity index (χ4n) is 2.04. The van der Waals surface area contributed by atoms with Gasteiger partial charge >= 0.3 is 0 Å². The molecule has 1 aliphatic rings. The molecule has 2 nitrogen and oxygen atoms in total. The van der Waals surface area contributed by atoms with Crippen molar-refractivity contribution >= 4 is 0 Å². The van der Waals surface area contributed by atoms with Gasteiger partial charge in [0.1, 0.15) is 0 Å². The summed E-state index contributed by atoms with van der Waals surface area (Å²) in [7, 11) is 0. The van der Waals surface area contributed by atoms with Gasteiger partial charge in [-0.1, -0.05) is 33.6 Å². The molecule has 2 N–H and O–H groups in total. The van der Waals surface area contributed by atoms with E-state index in [4.69, 9.17) is 10.5 Å². The molecule has 0 aromatic heterocycles. The highest BCUT2D eigenvalue weighted by Gasteiger charge is 2.20. The Kier molecular flexibility index (Phi) is 5.07. The second kappa shape index (κ2) is 5.86. The molecule has 0 spiro atoms. The van der Waals surface area contributed by atoms with Gasteiger partial charge in [-0.2, -0.15) is 0 Å². The monoisotopic (exact) mass is 213 g/mol. The van der Waals surface area contributed by atoms with E-state index in [1.165, 1.54) is 32.1 Å². The molecule has 0 saturated carbocycles. The normalized spacial score (nSPS) is 24.4. The van der Waals surface area contributed by atoms with Crippen LogP contribution in [-0.4, -0.2) is 18.8 Å². The summed E-state index contributed by atoms with van der Waals surface area (Å²) in [5.74, 6) is 0. The van der Waals surface area contributed by atoms with Crippen LogP contribution in [0.4, 0.5) is 0 Å². The van der Waals surface area contributed by atoms with E-state index < -0.39 is 0 Å². The van der Waals surface area contributed by atoms with Crippen molar-refractivity contribution in [1.82, 2.24) is 0 Å². The zero-order valence-corrected chi connectivity index (χ0v) is 10.6. The van der Waals surface area contributed by atoms with Crippen LogP contribution in [0, 0.1) is 5.41 Å². The van der Waals surface area contributed by atoms with Gasteiger partial charge in [0, 0.05) is 12.6 Å². The number of hydrogen-bond acceptors (Lipinski definition) is 2. The molecule has 2 heteroatoms. The first kappa shape index (κ1) is 13.0. The van der Waals surface area contributed by atoms with Crippen LogP contribution in [0.25, 0.3) is 0 Å². The Hall–Kier alpha value is -0.0800. The average molecular weight is 213 g/mol. The molecule has 2 atom stereocenters. The Morgan fingerprint density at radius 1 is 1.33 bits per heavy atom. The molecule has 0 radical (unpaired) electrons. The highest BCUT2D eigenvalue weighted by molar-refractivity contribution is 4.76. The summed E-state index contributed by atoms with van der Waals surface area (Å²) < 4.78 is 5.60. The van der Waals surface area contributed by atoms with Crippen molar-refractivity contribution in [2.45, 2.75) is 71.4 Å². The molecule has 0 bridgehead atoms. The van der Waals surface area contributed by atoms with Crippen LogP contribution < -0.4 is 5.73 Å². The van der Waals surface area contributed by atoms with Crippen molar-refractivity contribution in [1.29, 1.82) is 0 Å². The predicted octanol–water partition coefficient (Wildman–Crippen LogP) is 3.10. The van der Waals surface area contributed by atoms with Crippen molar-refractivity contribution in [3.8, 4) is 0 Å².